The normalized spacial score (nSPS) is 11.3. The molecule has 29 heavy (non-hydrogen) atoms. The largest absolute Gasteiger partial charge is 0.481 e. The van der Waals surface area contributed by atoms with Gasteiger partial charge in [0.05, 0.1) is 24.0 Å². The number of anilines is 2. The lowest BCUT2D eigenvalue weighted by molar-refractivity contribution is -0.141. The van der Waals surface area contributed by atoms with Gasteiger partial charge in [0.15, 0.2) is 0 Å². The summed E-state index contributed by atoms with van der Waals surface area (Å²) in [5, 5.41) is 11.6. The summed E-state index contributed by atoms with van der Waals surface area (Å²) in [5.74, 6) is -1.11. The van der Waals surface area contributed by atoms with Crippen LogP contribution in [0.5, 0.6) is 0 Å². The van der Waals surface area contributed by atoms with Crippen molar-refractivity contribution in [3.63, 3.8) is 0 Å². The Morgan fingerprint density at radius 1 is 1.17 bits per heavy atom. The van der Waals surface area contributed by atoms with Gasteiger partial charge in [0.1, 0.15) is 5.69 Å². The molecule has 0 fully saturated rings. The van der Waals surface area contributed by atoms with Gasteiger partial charge >= 0.3 is 12.1 Å². The van der Waals surface area contributed by atoms with Crippen LogP contribution in [-0.4, -0.2) is 31.0 Å². The zero-order valence-electron chi connectivity index (χ0n) is 15.2. The molecule has 0 unspecified atom stereocenters. The maximum Gasteiger partial charge on any atom is 0.433 e. The fourth-order valence-electron chi connectivity index (χ4n) is 2.61. The molecule has 0 aliphatic rings. The van der Waals surface area contributed by atoms with Gasteiger partial charge in [-0.2, -0.15) is 13.2 Å². The van der Waals surface area contributed by atoms with E-state index in [0.29, 0.717) is 22.6 Å². The van der Waals surface area contributed by atoms with Crippen LogP contribution >= 0.6 is 0 Å². The van der Waals surface area contributed by atoms with Gasteiger partial charge in [-0.1, -0.05) is 0 Å². The minimum Gasteiger partial charge on any atom is -0.481 e. The van der Waals surface area contributed by atoms with Crippen molar-refractivity contribution in [2.45, 2.75) is 25.9 Å². The van der Waals surface area contributed by atoms with Crippen molar-refractivity contribution in [2.75, 3.05) is 5.32 Å². The fourth-order valence-corrected chi connectivity index (χ4v) is 2.61. The molecule has 0 saturated heterocycles. The molecule has 2 aromatic heterocycles. The molecule has 2 heterocycles. The van der Waals surface area contributed by atoms with Gasteiger partial charge in [-0.15, -0.1) is 0 Å². The first-order valence-electron chi connectivity index (χ1n) is 8.53. The van der Waals surface area contributed by atoms with Crippen molar-refractivity contribution in [1.29, 1.82) is 0 Å². The molecule has 0 radical (unpaired) electrons. The Balaban J connectivity index is 1.87. The molecule has 7 nitrogen and oxygen atoms in total. The van der Waals surface area contributed by atoms with E-state index >= 15 is 0 Å². The molecule has 3 rings (SSSR count). The molecule has 0 atom stereocenters. The number of nitrogens with zero attached hydrogens (tertiary/aromatic N) is 4. The Hall–Kier alpha value is -3.56. The molecule has 2 N–H and O–H groups in total. The van der Waals surface area contributed by atoms with Crippen molar-refractivity contribution in [2.24, 2.45) is 0 Å². The Morgan fingerprint density at radius 3 is 2.69 bits per heavy atom. The Bertz CT molecular complexity index is 1040. The SMILES string of the molecule is Cc1cc(Nc2nccc(C(F)(F)F)n2)cc(-c2cncc(CCC(=O)O)n2)c1. The third kappa shape index (κ3) is 5.47. The molecule has 0 spiro atoms. The number of aromatic nitrogens is 4. The third-order valence-electron chi connectivity index (χ3n) is 3.85. The second kappa shape index (κ2) is 8.21. The summed E-state index contributed by atoms with van der Waals surface area (Å²) in [6, 6.07) is 6.05. The highest BCUT2D eigenvalue weighted by molar-refractivity contribution is 5.69. The number of aryl methyl sites for hydroxylation is 2. The van der Waals surface area contributed by atoms with Crippen molar-refractivity contribution < 1.29 is 23.1 Å². The Labute approximate surface area is 163 Å². The van der Waals surface area contributed by atoms with Crippen molar-refractivity contribution in [3.8, 4) is 11.3 Å². The fraction of sp³-hybridized carbons (Fsp3) is 0.211. The third-order valence-corrected chi connectivity index (χ3v) is 3.85. The van der Waals surface area contributed by atoms with Gasteiger partial charge in [-0.3, -0.25) is 9.78 Å². The molecule has 0 aliphatic carbocycles. The van der Waals surface area contributed by atoms with E-state index in [-0.39, 0.29) is 18.8 Å². The number of carbonyl (C=O) groups is 1. The summed E-state index contributed by atoms with van der Waals surface area (Å²) >= 11 is 0. The first-order chi connectivity index (χ1) is 13.7. The molecule has 0 aliphatic heterocycles. The maximum atomic E-state index is 12.8. The molecule has 1 aromatic carbocycles. The molecule has 3 aromatic rings. The number of nitrogens with one attached hydrogen (secondary N) is 1. The molecular weight excluding hydrogens is 387 g/mol. The van der Waals surface area contributed by atoms with Gasteiger partial charge in [-0.05, 0) is 36.8 Å². The molecule has 0 amide bonds. The van der Waals surface area contributed by atoms with Gasteiger partial charge in [0, 0.05) is 30.1 Å². The first kappa shape index (κ1) is 20.2. The molecule has 0 saturated carbocycles. The van der Waals surface area contributed by atoms with Gasteiger partial charge in [0.25, 0.3) is 0 Å². The van der Waals surface area contributed by atoms with Crippen LogP contribution < -0.4 is 5.32 Å². The highest BCUT2D eigenvalue weighted by atomic mass is 19.4. The molecular formula is C19H16F3N5O2. The summed E-state index contributed by atoms with van der Waals surface area (Å²) in [7, 11) is 0. The molecule has 0 bridgehead atoms. The lowest BCUT2D eigenvalue weighted by atomic mass is 10.1. The van der Waals surface area contributed by atoms with Crippen LogP contribution in [0.3, 0.4) is 0 Å². The van der Waals surface area contributed by atoms with Gasteiger partial charge in [-0.25, -0.2) is 15.0 Å². The van der Waals surface area contributed by atoms with Crippen LogP contribution in [0.25, 0.3) is 11.3 Å². The number of aliphatic carboxylic acids is 1. The number of alkyl halides is 3. The van der Waals surface area contributed by atoms with E-state index in [1.54, 1.807) is 12.1 Å². The predicted molar refractivity (Wildman–Crippen MR) is 98.5 cm³/mol. The van der Waals surface area contributed by atoms with Gasteiger partial charge < -0.3 is 10.4 Å². The molecule has 10 heteroatoms. The van der Waals surface area contributed by atoms with Crippen molar-refractivity contribution >= 4 is 17.6 Å². The summed E-state index contributed by atoms with van der Waals surface area (Å²) < 4.78 is 38.5. The summed E-state index contributed by atoms with van der Waals surface area (Å²) in [4.78, 5) is 26.6. The van der Waals surface area contributed by atoms with Crippen molar-refractivity contribution in [1.82, 2.24) is 19.9 Å². The smallest absolute Gasteiger partial charge is 0.433 e. The highest BCUT2D eigenvalue weighted by Gasteiger charge is 2.32. The first-order valence-corrected chi connectivity index (χ1v) is 8.53. The van der Waals surface area contributed by atoms with Crippen LogP contribution in [0.2, 0.25) is 0 Å². The minimum atomic E-state index is -4.57. The lowest BCUT2D eigenvalue weighted by Crippen LogP contribution is -2.10. The van der Waals surface area contributed by atoms with Crippen LogP contribution in [0.15, 0.2) is 42.9 Å². The van der Waals surface area contributed by atoms with E-state index in [2.05, 4.69) is 25.3 Å². The van der Waals surface area contributed by atoms with Crippen LogP contribution in [-0.2, 0) is 17.4 Å². The number of benzene rings is 1. The van der Waals surface area contributed by atoms with E-state index in [1.807, 2.05) is 13.0 Å². The van der Waals surface area contributed by atoms with E-state index in [0.717, 1.165) is 17.8 Å². The quantitative estimate of drug-likeness (QED) is 0.641. The Kier molecular flexibility index (Phi) is 5.71. The standard InChI is InChI=1S/C19H16F3N5O2/c1-11-6-12(15-10-23-9-13(25-15)2-3-17(28)29)8-14(7-11)26-18-24-5-4-16(27-18)19(20,21)22/h4-10H,2-3H2,1H3,(H,28,29)(H,24,26,27). The predicted octanol–water partition coefficient (Wildman–Crippen LogP) is 4.02. The van der Waals surface area contributed by atoms with Crippen LogP contribution in [0, 0.1) is 6.92 Å². The number of carboxylic acid groups (broad SMARTS) is 1. The summed E-state index contributed by atoms with van der Waals surface area (Å²) in [5.41, 5.74) is 1.99. The highest BCUT2D eigenvalue weighted by Crippen LogP contribution is 2.29. The van der Waals surface area contributed by atoms with E-state index in [1.165, 1.54) is 12.4 Å². The van der Waals surface area contributed by atoms with Crippen molar-refractivity contribution in [3.05, 3.63) is 59.8 Å². The lowest BCUT2D eigenvalue weighted by Gasteiger charge is -2.11. The molecule has 150 valence electrons. The summed E-state index contributed by atoms with van der Waals surface area (Å²) in [6.45, 7) is 1.82. The number of carboxylic acids is 1. The average molecular weight is 403 g/mol. The maximum absolute atomic E-state index is 12.8. The summed E-state index contributed by atoms with van der Waals surface area (Å²) in [6.07, 6.45) is -0.326. The second-order valence-electron chi connectivity index (χ2n) is 6.27. The number of hydrogen-bond donors (Lipinski definition) is 2. The van der Waals surface area contributed by atoms with Crippen LogP contribution in [0.4, 0.5) is 24.8 Å². The van der Waals surface area contributed by atoms with Gasteiger partial charge in [0.2, 0.25) is 5.95 Å². The monoisotopic (exact) mass is 403 g/mol. The van der Waals surface area contributed by atoms with E-state index < -0.39 is 17.8 Å². The Morgan fingerprint density at radius 2 is 1.97 bits per heavy atom. The second-order valence-corrected chi connectivity index (χ2v) is 6.27. The average Bonchev–Trinajstić information content (AvgIpc) is 2.66. The van der Waals surface area contributed by atoms with E-state index in [9.17, 15) is 18.0 Å². The number of halogens is 3. The number of rotatable bonds is 6. The topological polar surface area (TPSA) is 101 Å². The number of hydrogen-bond acceptors (Lipinski definition) is 6. The zero-order chi connectivity index (χ0) is 21.0. The van der Waals surface area contributed by atoms with Crippen LogP contribution in [0.1, 0.15) is 23.4 Å². The minimum absolute atomic E-state index is 0.0638. The van der Waals surface area contributed by atoms with E-state index in [4.69, 9.17) is 5.11 Å². The zero-order valence-corrected chi connectivity index (χ0v) is 15.2.